The first-order chi connectivity index (χ1) is 15.6. The van der Waals surface area contributed by atoms with E-state index in [2.05, 4.69) is 20.2 Å². The van der Waals surface area contributed by atoms with Crippen molar-refractivity contribution in [3.63, 3.8) is 0 Å². The molecule has 14 heteroatoms. The van der Waals surface area contributed by atoms with Gasteiger partial charge in [0.15, 0.2) is 29.9 Å². The SMILES string of the molecule is CC(C)C(=O)OC1[C@@]2(CCl)O[C@@H](n3ncc(-n4cncn4)nc3=O)[C@H](F)[C@@]12OC(=O)C(C)C. The van der Waals surface area contributed by atoms with Gasteiger partial charge in [0.05, 0.1) is 23.9 Å². The molecule has 3 heterocycles. The molecule has 0 amide bonds. The van der Waals surface area contributed by atoms with Gasteiger partial charge in [-0.2, -0.15) is 19.9 Å². The Bertz CT molecular complexity index is 1130. The highest BCUT2D eigenvalue weighted by atomic mass is 35.5. The fourth-order valence-corrected chi connectivity index (χ4v) is 4.15. The van der Waals surface area contributed by atoms with E-state index in [-0.39, 0.29) is 11.7 Å². The highest BCUT2D eigenvalue weighted by Gasteiger charge is 2.93. The van der Waals surface area contributed by atoms with E-state index in [0.29, 0.717) is 4.68 Å². The van der Waals surface area contributed by atoms with E-state index in [4.69, 9.17) is 25.8 Å². The van der Waals surface area contributed by atoms with E-state index in [9.17, 15) is 14.4 Å². The first-order valence-electron chi connectivity index (χ1n) is 10.2. The third-order valence-corrected chi connectivity index (χ3v) is 6.02. The monoisotopic (exact) mass is 484 g/mol. The van der Waals surface area contributed by atoms with Gasteiger partial charge >= 0.3 is 17.6 Å². The molecule has 1 saturated carbocycles. The second kappa shape index (κ2) is 8.13. The summed E-state index contributed by atoms with van der Waals surface area (Å²) in [7, 11) is 0. The molecule has 0 N–H and O–H groups in total. The van der Waals surface area contributed by atoms with E-state index in [0.717, 1.165) is 0 Å². The number of carbonyl (C=O) groups is 2. The zero-order valence-electron chi connectivity index (χ0n) is 18.2. The van der Waals surface area contributed by atoms with E-state index in [1.165, 1.54) is 23.5 Å². The molecular formula is C19H22ClFN6O6. The van der Waals surface area contributed by atoms with Gasteiger partial charge in [0.1, 0.15) is 12.7 Å². The molecule has 2 aromatic rings. The highest BCUT2D eigenvalue weighted by molar-refractivity contribution is 6.19. The van der Waals surface area contributed by atoms with Crippen LogP contribution >= 0.6 is 11.6 Å². The van der Waals surface area contributed by atoms with E-state index < -0.39 is 59.2 Å². The van der Waals surface area contributed by atoms with Crippen LogP contribution < -0.4 is 5.69 Å². The molecule has 33 heavy (non-hydrogen) atoms. The van der Waals surface area contributed by atoms with Gasteiger partial charge in [-0.25, -0.2) is 18.9 Å². The van der Waals surface area contributed by atoms with Gasteiger partial charge in [0, 0.05) is 0 Å². The van der Waals surface area contributed by atoms with Crippen LogP contribution in [0.25, 0.3) is 5.82 Å². The topological polar surface area (TPSA) is 140 Å². The number of hydrogen-bond acceptors (Lipinski definition) is 10. The summed E-state index contributed by atoms with van der Waals surface area (Å²) in [5.41, 5.74) is -4.67. The number of carbonyl (C=O) groups excluding carboxylic acids is 2. The molecule has 0 spiro atoms. The minimum absolute atomic E-state index is 0.0593. The first kappa shape index (κ1) is 23.2. The van der Waals surface area contributed by atoms with Crippen molar-refractivity contribution < 1.29 is 28.2 Å². The van der Waals surface area contributed by atoms with Gasteiger partial charge in [-0.05, 0) is 0 Å². The largest absolute Gasteiger partial charge is 0.454 e. The predicted molar refractivity (Wildman–Crippen MR) is 108 cm³/mol. The number of ether oxygens (including phenoxy) is 3. The third-order valence-electron chi connectivity index (χ3n) is 5.63. The summed E-state index contributed by atoms with van der Waals surface area (Å²) < 4.78 is 34.6. The van der Waals surface area contributed by atoms with Gasteiger partial charge in [0.2, 0.25) is 5.60 Å². The minimum Gasteiger partial charge on any atom is -0.454 e. The number of halogens is 2. The van der Waals surface area contributed by atoms with E-state index in [1.54, 1.807) is 27.7 Å². The lowest BCUT2D eigenvalue weighted by molar-refractivity contribution is -0.172. The zero-order chi connectivity index (χ0) is 24.1. The summed E-state index contributed by atoms with van der Waals surface area (Å²) in [5, 5.41) is 7.79. The van der Waals surface area contributed by atoms with Crippen LogP contribution in [0.4, 0.5) is 4.39 Å². The molecule has 4 rings (SSSR count). The van der Waals surface area contributed by atoms with Crippen molar-refractivity contribution in [3.8, 4) is 5.82 Å². The molecule has 0 radical (unpaired) electrons. The lowest BCUT2D eigenvalue weighted by atomic mass is 10.1. The Morgan fingerprint density at radius 1 is 1.24 bits per heavy atom. The normalized spacial score (nSPS) is 30.4. The van der Waals surface area contributed by atoms with Gasteiger partial charge in [0.25, 0.3) is 0 Å². The van der Waals surface area contributed by atoms with Crippen molar-refractivity contribution in [2.24, 2.45) is 11.8 Å². The van der Waals surface area contributed by atoms with Gasteiger partial charge < -0.3 is 14.2 Å². The quantitative estimate of drug-likeness (QED) is 0.404. The summed E-state index contributed by atoms with van der Waals surface area (Å²) in [6.07, 6.45) is -1.32. The van der Waals surface area contributed by atoms with Crippen LogP contribution in [0, 0.1) is 11.8 Å². The molecule has 2 aliphatic rings. The third kappa shape index (κ3) is 3.41. The number of hydrogen-bond donors (Lipinski definition) is 0. The molecule has 0 bridgehead atoms. The molecule has 2 fully saturated rings. The average Bonchev–Trinajstić information content (AvgIpc) is 3.12. The molecule has 2 aromatic heterocycles. The lowest BCUT2D eigenvalue weighted by Crippen LogP contribution is -2.43. The molecule has 0 aromatic carbocycles. The molecule has 1 unspecified atom stereocenters. The maximum Gasteiger partial charge on any atom is 0.368 e. The number of nitrogens with zero attached hydrogens (tertiary/aromatic N) is 6. The first-order valence-corrected chi connectivity index (χ1v) is 10.7. The number of rotatable bonds is 7. The van der Waals surface area contributed by atoms with E-state index >= 15 is 4.39 Å². The Balaban J connectivity index is 1.70. The maximum absolute atomic E-state index is 16.0. The van der Waals surface area contributed by atoms with Gasteiger partial charge in [-0.3, -0.25) is 9.59 Å². The fourth-order valence-electron chi connectivity index (χ4n) is 3.74. The molecular weight excluding hydrogens is 463 g/mol. The smallest absolute Gasteiger partial charge is 0.368 e. The van der Waals surface area contributed by atoms with Crippen LogP contribution in [0.3, 0.4) is 0 Å². The van der Waals surface area contributed by atoms with Crippen LogP contribution in [0.15, 0.2) is 23.6 Å². The lowest BCUT2D eigenvalue weighted by Gasteiger charge is -2.24. The van der Waals surface area contributed by atoms with Crippen molar-refractivity contribution in [1.82, 2.24) is 29.5 Å². The zero-order valence-corrected chi connectivity index (χ0v) is 19.0. The number of esters is 2. The Labute approximate surface area is 192 Å². The highest BCUT2D eigenvalue weighted by Crippen LogP contribution is 2.67. The van der Waals surface area contributed by atoms with Crippen molar-refractivity contribution in [3.05, 3.63) is 29.3 Å². The summed E-state index contributed by atoms with van der Waals surface area (Å²) in [4.78, 5) is 44.9. The number of aromatic nitrogens is 6. The van der Waals surface area contributed by atoms with Crippen molar-refractivity contribution in [1.29, 1.82) is 0 Å². The summed E-state index contributed by atoms with van der Waals surface area (Å²) in [6, 6.07) is 0. The molecule has 1 saturated heterocycles. The average molecular weight is 485 g/mol. The molecule has 1 aliphatic carbocycles. The molecule has 12 nitrogen and oxygen atoms in total. The van der Waals surface area contributed by atoms with Crippen molar-refractivity contribution >= 4 is 23.5 Å². The number of fused-ring (bicyclic) bond motifs is 1. The minimum atomic E-state index is -2.13. The van der Waals surface area contributed by atoms with Crippen LogP contribution in [-0.2, 0) is 23.8 Å². The van der Waals surface area contributed by atoms with Crippen LogP contribution in [-0.4, -0.2) is 70.8 Å². The molecule has 1 aliphatic heterocycles. The second-order valence-corrected chi connectivity index (χ2v) is 8.72. The van der Waals surface area contributed by atoms with Crippen LogP contribution in [0.2, 0.25) is 0 Å². The Kier molecular flexibility index (Phi) is 5.73. The van der Waals surface area contributed by atoms with Crippen LogP contribution in [0.1, 0.15) is 33.9 Å². The van der Waals surface area contributed by atoms with Gasteiger partial charge in [-0.15, -0.1) is 11.6 Å². The van der Waals surface area contributed by atoms with Gasteiger partial charge in [-0.1, -0.05) is 27.7 Å². The Morgan fingerprint density at radius 3 is 2.48 bits per heavy atom. The summed E-state index contributed by atoms with van der Waals surface area (Å²) in [5.74, 6) is -2.82. The van der Waals surface area contributed by atoms with E-state index in [1.807, 2.05) is 0 Å². The maximum atomic E-state index is 16.0. The molecule has 5 atom stereocenters. The number of alkyl halides is 2. The van der Waals surface area contributed by atoms with Crippen molar-refractivity contribution in [2.45, 2.75) is 57.4 Å². The Hall–Kier alpha value is -2.93. The second-order valence-electron chi connectivity index (χ2n) is 8.46. The van der Waals surface area contributed by atoms with Crippen molar-refractivity contribution in [2.75, 3.05) is 5.88 Å². The standard InChI is InChI=1S/C19H22ClFN6O6/c1-9(2)14(28)31-16-18(6-20)19(16,33-15(29)10(3)4)12(21)13(32-18)27-17(30)25-11(5-23-27)26-8-22-7-24-26/h5,7-10,12-13,16H,6H2,1-4H3/t12-,13+,16?,18+,19+/m0/s1. The fraction of sp³-hybridized carbons (Fsp3) is 0.632. The predicted octanol–water partition coefficient (Wildman–Crippen LogP) is 0.583. The Morgan fingerprint density at radius 2 is 1.94 bits per heavy atom. The van der Waals surface area contributed by atoms with Crippen LogP contribution in [0.5, 0.6) is 0 Å². The molecule has 178 valence electrons. The summed E-state index contributed by atoms with van der Waals surface area (Å²) >= 11 is 6.14. The summed E-state index contributed by atoms with van der Waals surface area (Å²) in [6.45, 7) is 6.34.